The molecule has 3 rings (SSSR count). The van der Waals surface area contributed by atoms with Crippen molar-refractivity contribution < 1.29 is 17.9 Å². The van der Waals surface area contributed by atoms with Crippen LogP contribution in [0.15, 0.2) is 108 Å². The number of amides is 1. The summed E-state index contributed by atoms with van der Waals surface area (Å²) in [5.74, 6) is 0.0916. The monoisotopic (exact) mass is 463 g/mol. The number of ether oxygens (including phenoxy) is 1. The molecule has 0 aromatic heterocycles. The highest BCUT2D eigenvalue weighted by Gasteiger charge is 2.26. The fraction of sp³-hybridized carbons (Fsp3) is 0.120. The van der Waals surface area contributed by atoms with Crippen molar-refractivity contribution in [1.82, 2.24) is 9.73 Å². The van der Waals surface area contributed by atoms with Crippen molar-refractivity contribution in [2.45, 2.75) is 11.4 Å². The molecule has 0 unspecified atom stereocenters. The lowest BCUT2D eigenvalue weighted by Gasteiger charge is -2.21. The summed E-state index contributed by atoms with van der Waals surface area (Å²) in [6.07, 6.45) is 3.11. The number of carbonyl (C=O) groups is 1. The molecule has 3 aromatic carbocycles. The van der Waals surface area contributed by atoms with Crippen LogP contribution in [-0.2, 0) is 21.4 Å². The zero-order valence-corrected chi connectivity index (χ0v) is 18.8. The smallest absolute Gasteiger partial charge is 0.255 e. The minimum absolute atomic E-state index is 0.0535. The van der Waals surface area contributed by atoms with E-state index in [1.807, 2.05) is 30.3 Å². The average molecular weight is 464 g/mol. The number of nitrogens with zero attached hydrogens (tertiary/aromatic N) is 2. The summed E-state index contributed by atoms with van der Waals surface area (Å²) in [6, 6.07) is 24.3. The molecule has 3 aromatic rings. The first-order chi connectivity index (χ1) is 16.0. The maximum atomic E-state index is 13.2. The van der Waals surface area contributed by atoms with Crippen molar-refractivity contribution in [3.63, 3.8) is 0 Å². The van der Waals surface area contributed by atoms with Gasteiger partial charge in [0.15, 0.2) is 0 Å². The molecular formula is C25H25N3O4S. The Morgan fingerprint density at radius 2 is 1.70 bits per heavy atom. The molecule has 8 heteroatoms. The van der Waals surface area contributed by atoms with Crippen LogP contribution < -0.4 is 10.2 Å². The van der Waals surface area contributed by atoms with Crippen LogP contribution in [0.2, 0.25) is 0 Å². The van der Waals surface area contributed by atoms with Gasteiger partial charge < -0.3 is 4.74 Å². The van der Waals surface area contributed by atoms with Crippen molar-refractivity contribution in [2.24, 2.45) is 5.10 Å². The fourth-order valence-electron chi connectivity index (χ4n) is 2.97. The minimum atomic E-state index is -3.89. The predicted octanol–water partition coefficient (Wildman–Crippen LogP) is 3.59. The van der Waals surface area contributed by atoms with E-state index in [0.717, 1.165) is 15.4 Å². The normalized spacial score (nSPS) is 11.4. The van der Waals surface area contributed by atoms with Crippen molar-refractivity contribution in [1.29, 1.82) is 0 Å². The van der Waals surface area contributed by atoms with E-state index in [-0.39, 0.29) is 18.0 Å². The first-order valence-electron chi connectivity index (χ1n) is 10.2. The highest BCUT2D eigenvalue weighted by Crippen LogP contribution is 2.18. The Hall–Kier alpha value is -3.75. The van der Waals surface area contributed by atoms with Gasteiger partial charge in [-0.2, -0.15) is 9.41 Å². The van der Waals surface area contributed by atoms with Gasteiger partial charge >= 0.3 is 0 Å². The third-order valence-electron chi connectivity index (χ3n) is 4.53. The highest BCUT2D eigenvalue weighted by molar-refractivity contribution is 7.89. The van der Waals surface area contributed by atoms with Gasteiger partial charge in [-0.05, 0) is 35.4 Å². The maximum Gasteiger partial charge on any atom is 0.255 e. The van der Waals surface area contributed by atoms with Crippen molar-refractivity contribution >= 4 is 22.1 Å². The van der Waals surface area contributed by atoms with Crippen molar-refractivity contribution in [2.75, 3.05) is 13.2 Å². The molecule has 170 valence electrons. The number of hydrogen-bond acceptors (Lipinski definition) is 5. The van der Waals surface area contributed by atoms with Crippen molar-refractivity contribution in [3.05, 3.63) is 109 Å². The van der Waals surface area contributed by atoms with E-state index >= 15 is 0 Å². The van der Waals surface area contributed by atoms with Gasteiger partial charge in [0.1, 0.15) is 12.4 Å². The SMILES string of the molecule is C=CCOc1cccc(/C=N/NC(=O)CN(Cc2ccccc2)S(=O)(=O)c2ccccc2)c1. The summed E-state index contributed by atoms with van der Waals surface area (Å²) in [5.41, 5.74) is 3.89. The van der Waals surface area contributed by atoms with Crippen molar-refractivity contribution in [3.8, 4) is 5.75 Å². The first-order valence-corrected chi connectivity index (χ1v) is 11.7. The Balaban J connectivity index is 1.71. The molecule has 1 amide bonds. The van der Waals surface area contributed by atoms with E-state index in [9.17, 15) is 13.2 Å². The average Bonchev–Trinajstić information content (AvgIpc) is 2.84. The zero-order valence-electron chi connectivity index (χ0n) is 18.0. The Labute approximate surface area is 194 Å². The van der Waals surface area contributed by atoms with E-state index in [4.69, 9.17) is 4.74 Å². The molecule has 0 saturated heterocycles. The van der Waals surface area contributed by atoms with E-state index in [2.05, 4.69) is 17.1 Å². The summed E-state index contributed by atoms with van der Waals surface area (Å²) in [7, 11) is -3.89. The molecule has 1 N–H and O–H groups in total. The topological polar surface area (TPSA) is 88.1 Å². The van der Waals surface area contributed by atoms with Crippen LogP contribution in [0.3, 0.4) is 0 Å². The van der Waals surface area contributed by atoms with Gasteiger partial charge in [0, 0.05) is 6.54 Å². The number of carbonyl (C=O) groups excluding carboxylic acids is 1. The lowest BCUT2D eigenvalue weighted by Crippen LogP contribution is -2.39. The van der Waals surface area contributed by atoms with Gasteiger partial charge in [-0.15, -0.1) is 0 Å². The molecular weight excluding hydrogens is 438 g/mol. The lowest BCUT2D eigenvalue weighted by atomic mass is 10.2. The van der Waals surface area contributed by atoms with E-state index in [0.29, 0.717) is 12.4 Å². The molecule has 0 aliphatic rings. The van der Waals surface area contributed by atoms with Crippen LogP contribution in [-0.4, -0.2) is 38.0 Å². The van der Waals surface area contributed by atoms with E-state index < -0.39 is 15.9 Å². The fourth-order valence-corrected chi connectivity index (χ4v) is 4.37. The summed E-state index contributed by atoms with van der Waals surface area (Å²) < 4.78 is 33.0. The second-order valence-corrected chi connectivity index (χ2v) is 8.98. The van der Waals surface area contributed by atoms with Gasteiger partial charge in [-0.25, -0.2) is 13.8 Å². The second-order valence-electron chi connectivity index (χ2n) is 7.04. The molecule has 0 saturated carbocycles. The molecule has 7 nitrogen and oxygen atoms in total. The largest absolute Gasteiger partial charge is 0.490 e. The third kappa shape index (κ3) is 7.13. The summed E-state index contributed by atoms with van der Waals surface area (Å²) in [6.45, 7) is 3.66. The van der Waals surface area contributed by atoms with Crippen LogP contribution in [0.4, 0.5) is 0 Å². The minimum Gasteiger partial charge on any atom is -0.490 e. The molecule has 0 heterocycles. The second kappa shape index (κ2) is 11.8. The molecule has 0 aliphatic heterocycles. The number of sulfonamides is 1. The van der Waals surface area contributed by atoms with Crippen LogP contribution in [0.1, 0.15) is 11.1 Å². The van der Waals surface area contributed by atoms with Gasteiger partial charge in [-0.3, -0.25) is 4.79 Å². The Morgan fingerprint density at radius 1 is 1.00 bits per heavy atom. The van der Waals surface area contributed by atoms with Crippen LogP contribution in [0, 0.1) is 0 Å². The quantitative estimate of drug-likeness (QED) is 0.267. The summed E-state index contributed by atoms with van der Waals surface area (Å²) in [5, 5.41) is 3.96. The Kier molecular flexibility index (Phi) is 8.51. The van der Waals surface area contributed by atoms with Gasteiger partial charge in [-0.1, -0.05) is 73.3 Å². The highest BCUT2D eigenvalue weighted by atomic mass is 32.2. The Morgan fingerprint density at radius 3 is 2.39 bits per heavy atom. The van der Waals surface area contributed by atoms with Crippen LogP contribution >= 0.6 is 0 Å². The molecule has 0 aliphatic carbocycles. The van der Waals surface area contributed by atoms with Crippen LogP contribution in [0.5, 0.6) is 5.75 Å². The summed E-state index contributed by atoms with van der Waals surface area (Å²) in [4.78, 5) is 12.7. The van der Waals surface area contributed by atoms with E-state index in [1.54, 1.807) is 48.5 Å². The molecule has 0 spiro atoms. The Bertz CT molecular complexity index is 1200. The third-order valence-corrected chi connectivity index (χ3v) is 6.34. The number of hydrogen-bond donors (Lipinski definition) is 1. The summed E-state index contributed by atoms with van der Waals surface area (Å²) >= 11 is 0. The lowest BCUT2D eigenvalue weighted by molar-refractivity contribution is -0.121. The zero-order chi connectivity index (χ0) is 23.5. The maximum absolute atomic E-state index is 13.2. The first kappa shape index (κ1) is 23.9. The molecule has 0 bridgehead atoms. The van der Waals surface area contributed by atoms with Crippen LogP contribution in [0.25, 0.3) is 0 Å². The van der Waals surface area contributed by atoms with Gasteiger partial charge in [0.05, 0.1) is 17.7 Å². The van der Waals surface area contributed by atoms with E-state index in [1.165, 1.54) is 18.3 Å². The number of hydrazone groups is 1. The van der Waals surface area contributed by atoms with Gasteiger partial charge in [0.2, 0.25) is 10.0 Å². The molecule has 0 fully saturated rings. The van der Waals surface area contributed by atoms with Gasteiger partial charge in [0.25, 0.3) is 5.91 Å². The number of benzene rings is 3. The predicted molar refractivity (Wildman–Crippen MR) is 128 cm³/mol. The number of rotatable bonds is 11. The standard InChI is InChI=1S/C25H25N3O4S/c1-2-16-32-23-13-9-12-22(17-23)18-26-27-25(29)20-28(19-21-10-5-3-6-11-21)33(30,31)24-14-7-4-8-15-24/h2-15,17-18H,1,16,19-20H2,(H,27,29)/b26-18+. The molecule has 33 heavy (non-hydrogen) atoms. The molecule has 0 atom stereocenters. The number of nitrogens with one attached hydrogen (secondary N) is 1. The molecule has 0 radical (unpaired) electrons.